The van der Waals surface area contributed by atoms with Crippen LogP contribution in [0.5, 0.6) is 0 Å². The predicted octanol–water partition coefficient (Wildman–Crippen LogP) is 1.47. The minimum absolute atomic E-state index is 0.0306. The number of amides is 6. The summed E-state index contributed by atoms with van der Waals surface area (Å²) < 4.78 is 1.92. The molecule has 0 aromatic heterocycles. The average Bonchev–Trinajstić information content (AvgIpc) is 2.90. The van der Waals surface area contributed by atoms with Crippen LogP contribution in [0.4, 0.5) is 4.79 Å². The summed E-state index contributed by atoms with van der Waals surface area (Å²) in [4.78, 5) is 66.2. The van der Waals surface area contributed by atoms with Gasteiger partial charge in [-0.05, 0) is 36.6 Å². The van der Waals surface area contributed by atoms with Gasteiger partial charge < -0.3 is 20.1 Å². The molecule has 1 aromatic rings. The van der Waals surface area contributed by atoms with Gasteiger partial charge in [-0.25, -0.2) is 4.79 Å². The third-order valence-electron chi connectivity index (χ3n) is 8.00. The Morgan fingerprint density at radius 1 is 1.13 bits per heavy atom. The van der Waals surface area contributed by atoms with Crippen LogP contribution in [0.15, 0.2) is 30.3 Å². The molecule has 3 atom stereocenters. The van der Waals surface area contributed by atoms with E-state index in [0.29, 0.717) is 18.0 Å². The molecule has 2 saturated heterocycles. The number of thioether (sulfide) groups is 1. The molecule has 12 heteroatoms. The van der Waals surface area contributed by atoms with E-state index in [9.17, 15) is 24.0 Å². The Kier molecular flexibility index (Phi) is 8.97. The quantitative estimate of drug-likeness (QED) is 0.204. The number of nitrogens with one attached hydrogen (secondary N) is 2. The van der Waals surface area contributed by atoms with Crippen molar-refractivity contribution in [3.8, 4) is 0 Å². The summed E-state index contributed by atoms with van der Waals surface area (Å²) >= 11 is 1.28. The Balaban J connectivity index is 1.81. The molecule has 2 fully saturated rings. The van der Waals surface area contributed by atoms with Crippen LogP contribution >= 0.6 is 11.8 Å². The molecule has 3 rings (SSSR count). The number of carbonyl (C=O) groups excluding carboxylic acids is 5. The molecular weight excluding hydrogens is 522 g/mol. The fourth-order valence-corrected chi connectivity index (χ4v) is 7.98. The second kappa shape index (κ2) is 11.5. The molecule has 2 heterocycles. The van der Waals surface area contributed by atoms with Crippen LogP contribution in [-0.2, 0) is 19.2 Å². The fraction of sp³-hybridized carbons (Fsp3) is 0.577. The highest BCUT2D eigenvalue weighted by atomic mass is 32.2. The van der Waals surface area contributed by atoms with Gasteiger partial charge in [0.25, 0.3) is 5.91 Å². The molecule has 0 spiro atoms. The first kappa shape index (κ1) is 29.7. The van der Waals surface area contributed by atoms with Crippen LogP contribution in [0.1, 0.15) is 53.1 Å². The molecule has 10 nitrogen and oxygen atoms in total. The van der Waals surface area contributed by atoms with Gasteiger partial charge in [0.1, 0.15) is 15.7 Å². The van der Waals surface area contributed by atoms with Crippen LogP contribution in [0, 0.1) is 5.92 Å². The highest BCUT2D eigenvalue weighted by Crippen LogP contribution is 2.43. The van der Waals surface area contributed by atoms with Gasteiger partial charge in [-0.2, -0.15) is 0 Å². The smallest absolute Gasteiger partial charge is 0.325 e. The van der Waals surface area contributed by atoms with Crippen molar-refractivity contribution >= 4 is 51.1 Å². The summed E-state index contributed by atoms with van der Waals surface area (Å²) in [5, 5.41) is 5.59. The Labute approximate surface area is 231 Å². The number of rotatable bonds is 9. The Bertz CT molecular complexity index is 1100. The zero-order valence-electron chi connectivity index (χ0n) is 23.2. The predicted molar refractivity (Wildman–Crippen MR) is 150 cm³/mol. The molecular formula is C26H39N5O5SSi. The average molecular weight is 562 g/mol. The van der Waals surface area contributed by atoms with Crippen LogP contribution in [-0.4, -0.2) is 90.5 Å². The van der Waals surface area contributed by atoms with E-state index in [1.54, 1.807) is 43.5 Å². The van der Waals surface area contributed by atoms with Crippen molar-refractivity contribution in [2.24, 2.45) is 5.92 Å². The zero-order chi connectivity index (χ0) is 28.4. The first-order valence-corrected chi connectivity index (χ1v) is 15.5. The lowest BCUT2D eigenvalue weighted by atomic mass is 9.97. The topological polar surface area (TPSA) is 119 Å². The number of urea groups is 1. The normalized spacial score (nSPS) is 23.2. The monoisotopic (exact) mass is 561 g/mol. The number of nitrogens with zero attached hydrogens (tertiary/aromatic N) is 3. The summed E-state index contributed by atoms with van der Waals surface area (Å²) in [5.41, 5.74) is 0.493. The molecule has 208 valence electrons. The van der Waals surface area contributed by atoms with E-state index in [2.05, 4.69) is 38.3 Å². The van der Waals surface area contributed by atoms with Gasteiger partial charge in [-0.1, -0.05) is 58.0 Å². The molecule has 2 aliphatic rings. The van der Waals surface area contributed by atoms with Gasteiger partial charge in [-0.3, -0.25) is 24.1 Å². The molecule has 2 N–H and O–H groups in total. The Morgan fingerprint density at radius 2 is 1.76 bits per heavy atom. The maximum atomic E-state index is 13.7. The second-order valence-electron chi connectivity index (χ2n) is 10.8. The van der Waals surface area contributed by atoms with Crippen molar-refractivity contribution in [1.82, 2.24) is 25.0 Å². The number of benzene rings is 1. The maximum Gasteiger partial charge on any atom is 0.325 e. The molecule has 2 aliphatic heterocycles. The van der Waals surface area contributed by atoms with Crippen molar-refractivity contribution < 1.29 is 24.0 Å². The largest absolute Gasteiger partial charge is 0.366 e. The number of carbonyl (C=O) groups is 5. The Hall–Kier alpha value is -2.86. The van der Waals surface area contributed by atoms with Gasteiger partial charge in [0.05, 0.1) is 6.04 Å². The fourth-order valence-electron chi connectivity index (χ4n) is 4.59. The number of likely N-dealkylation sites (N-methyl/N-ethyl adjacent to an activating group) is 1. The molecule has 38 heavy (non-hydrogen) atoms. The van der Waals surface area contributed by atoms with Crippen LogP contribution in [0.25, 0.3) is 0 Å². The molecule has 3 unspecified atom stereocenters. The van der Waals surface area contributed by atoms with Gasteiger partial charge in [0.2, 0.25) is 5.91 Å². The van der Waals surface area contributed by atoms with Gasteiger partial charge in [0.15, 0.2) is 4.87 Å². The minimum Gasteiger partial charge on any atom is -0.366 e. The summed E-state index contributed by atoms with van der Waals surface area (Å²) in [6.45, 7) is 13.0. The van der Waals surface area contributed by atoms with E-state index < -0.39 is 44.3 Å². The molecule has 0 bridgehead atoms. The summed E-state index contributed by atoms with van der Waals surface area (Å²) in [5.74, 6) is -1.95. The van der Waals surface area contributed by atoms with Crippen molar-refractivity contribution in [2.45, 2.75) is 63.5 Å². The first-order chi connectivity index (χ1) is 17.8. The van der Waals surface area contributed by atoms with Crippen molar-refractivity contribution in [3.05, 3.63) is 35.9 Å². The number of β-lactam (4-membered cyclic amide) rings is 1. The summed E-state index contributed by atoms with van der Waals surface area (Å²) in [6.07, 6.45) is 1.79. The van der Waals surface area contributed by atoms with Crippen molar-refractivity contribution in [1.29, 1.82) is 0 Å². The molecule has 1 aromatic carbocycles. The maximum absolute atomic E-state index is 13.7. The van der Waals surface area contributed by atoms with Crippen molar-refractivity contribution in [2.75, 3.05) is 25.9 Å². The molecule has 0 radical (unpaired) electrons. The zero-order valence-corrected chi connectivity index (χ0v) is 25.5. The lowest BCUT2D eigenvalue weighted by Gasteiger charge is -2.56. The highest BCUT2D eigenvalue weighted by molar-refractivity contribution is 8.00. The van der Waals surface area contributed by atoms with E-state index in [0.717, 1.165) is 4.90 Å². The highest BCUT2D eigenvalue weighted by Gasteiger charge is 2.60. The number of hydrogen-bond donors (Lipinski definition) is 2. The minimum atomic E-state index is -1.17. The van der Waals surface area contributed by atoms with E-state index >= 15 is 0 Å². The number of hydrogen-bond acceptors (Lipinski definition) is 6. The van der Waals surface area contributed by atoms with E-state index in [1.807, 2.05) is 11.5 Å². The summed E-state index contributed by atoms with van der Waals surface area (Å²) in [6, 6.07) is 6.42. The van der Waals surface area contributed by atoms with Gasteiger partial charge in [-0.15, -0.1) is 11.8 Å². The Morgan fingerprint density at radius 3 is 2.29 bits per heavy atom. The molecule has 0 aliphatic carbocycles. The summed E-state index contributed by atoms with van der Waals surface area (Å²) in [7, 11) is -0.954. The van der Waals surface area contributed by atoms with Crippen LogP contribution in [0.3, 0.4) is 0 Å². The second-order valence-corrected chi connectivity index (χ2v) is 14.7. The van der Waals surface area contributed by atoms with Crippen LogP contribution in [0.2, 0.25) is 5.04 Å². The van der Waals surface area contributed by atoms with Crippen molar-refractivity contribution in [3.63, 3.8) is 0 Å². The van der Waals surface area contributed by atoms with Gasteiger partial charge >= 0.3 is 17.8 Å². The number of piperazine rings is 1. The number of imide groups is 1. The SMILES string of the molecule is CCN1CCN(C(=O)NC(C(=O)NC2(SC)C(=O)N([SiH2]C(C)(C)C(C)C)C2C)c2ccccc2)C(=O)C1=O. The lowest BCUT2D eigenvalue weighted by Crippen LogP contribution is -2.79. The first-order valence-electron chi connectivity index (χ1n) is 12.9. The van der Waals surface area contributed by atoms with E-state index in [4.69, 9.17) is 0 Å². The lowest BCUT2D eigenvalue weighted by molar-refractivity contribution is -0.153. The van der Waals surface area contributed by atoms with E-state index in [-0.39, 0.29) is 30.1 Å². The van der Waals surface area contributed by atoms with E-state index in [1.165, 1.54) is 16.7 Å². The standard InChI is InChI=1S/C26H39N5O5SSi/c1-8-29-14-15-30(22(34)21(29)33)24(36)27-19(18-12-10-9-11-13-18)20(32)28-26(37-7)17(4)31(23(26)35)38-25(5,6)16(2)3/h9-13,16-17,19H,8,14-15,38H2,1-7H3,(H,27,36)(H,28,32). The third kappa shape index (κ3) is 5.46. The third-order valence-corrected chi connectivity index (χ3v) is 12.1. The van der Waals surface area contributed by atoms with Gasteiger partial charge in [0, 0.05) is 19.6 Å². The van der Waals surface area contributed by atoms with Crippen LogP contribution < -0.4 is 10.6 Å². The molecule has 6 amide bonds. The molecule has 0 saturated carbocycles.